The molecule has 3 heterocycles. The van der Waals surface area contributed by atoms with Gasteiger partial charge in [0.15, 0.2) is 0 Å². The molecule has 0 spiro atoms. The Morgan fingerprint density at radius 2 is 2.04 bits per heavy atom. The molecule has 4 rings (SSSR count). The number of aromatic nitrogens is 3. The van der Waals surface area contributed by atoms with E-state index in [2.05, 4.69) is 10.2 Å². The van der Waals surface area contributed by atoms with E-state index in [0.29, 0.717) is 32.2 Å². The number of ether oxygens (including phenoxy) is 1. The summed E-state index contributed by atoms with van der Waals surface area (Å²) in [5.41, 5.74) is 1.73. The van der Waals surface area contributed by atoms with Gasteiger partial charge in [0.05, 0.1) is 13.2 Å². The molecule has 23 heavy (non-hydrogen) atoms. The van der Waals surface area contributed by atoms with E-state index >= 15 is 0 Å². The molecule has 1 aliphatic rings. The first-order chi connectivity index (χ1) is 11.3. The molecule has 2 aromatic heterocycles. The van der Waals surface area contributed by atoms with Crippen LogP contribution in [0.4, 0.5) is 0 Å². The molecule has 1 saturated heterocycles. The van der Waals surface area contributed by atoms with Crippen molar-refractivity contribution >= 4 is 16.8 Å². The van der Waals surface area contributed by atoms with Crippen molar-refractivity contribution in [2.75, 3.05) is 26.3 Å². The molecule has 0 aliphatic carbocycles. The molecule has 1 aliphatic heterocycles. The first-order valence-corrected chi connectivity index (χ1v) is 7.53. The molecule has 1 aromatic carbocycles. The zero-order valence-electron chi connectivity index (χ0n) is 12.5. The van der Waals surface area contributed by atoms with Gasteiger partial charge in [0.1, 0.15) is 12.2 Å². The summed E-state index contributed by atoms with van der Waals surface area (Å²) in [6.45, 7) is 2.69. The minimum absolute atomic E-state index is 0.0652. The number of hydrogen-bond acceptors (Lipinski definition) is 5. The Bertz CT molecular complexity index is 819. The smallest absolute Gasteiger partial charge is 0.264 e. The highest BCUT2D eigenvalue weighted by Gasteiger charge is 2.21. The van der Waals surface area contributed by atoms with Crippen LogP contribution in [0.15, 0.2) is 41.1 Å². The largest absolute Gasteiger partial charge is 0.422 e. The van der Waals surface area contributed by atoms with E-state index in [9.17, 15) is 4.79 Å². The van der Waals surface area contributed by atoms with E-state index in [4.69, 9.17) is 9.15 Å². The number of amides is 1. The van der Waals surface area contributed by atoms with E-state index in [1.165, 1.54) is 6.39 Å². The van der Waals surface area contributed by atoms with Crippen molar-refractivity contribution in [1.29, 1.82) is 0 Å². The van der Waals surface area contributed by atoms with Crippen molar-refractivity contribution in [3.63, 3.8) is 0 Å². The van der Waals surface area contributed by atoms with Crippen LogP contribution >= 0.6 is 0 Å². The van der Waals surface area contributed by atoms with Crippen molar-refractivity contribution in [1.82, 2.24) is 19.7 Å². The molecule has 0 radical (unpaired) electrons. The molecule has 1 amide bonds. The predicted molar refractivity (Wildman–Crippen MR) is 82.6 cm³/mol. The lowest BCUT2D eigenvalue weighted by Crippen LogP contribution is -2.42. The number of morpholine rings is 1. The van der Waals surface area contributed by atoms with E-state index < -0.39 is 0 Å². The summed E-state index contributed by atoms with van der Waals surface area (Å²) in [4.78, 5) is 14.4. The van der Waals surface area contributed by atoms with E-state index in [1.807, 2.05) is 39.8 Å². The minimum atomic E-state index is 0.0652. The zero-order chi connectivity index (χ0) is 15.6. The summed E-state index contributed by atoms with van der Waals surface area (Å²) in [7, 11) is 0. The van der Waals surface area contributed by atoms with Crippen LogP contribution in [0.3, 0.4) is 0 Å². The zero-order valence-corrected chi connectivity index (χ0v) is 12.5. The third kappa shape index (κ3) is 2.59. The summed E-state index contributed by atoms with van der Waals surface area (Å²) < 4.78 is 12.6. The molecule has 0 saturated carbocycles. The lowest BCUT2D eigenvalue weighted by molar-refractivity contribution is -0.135. The topological polar surface area (TPSA) is 73.4 Å². The van der Waals surface area contributed by atoms with Gasteiger partial charge in [0.25, 0.3) is 5.89 Å². The molecule has 0 N–H and O–H groups in total. The molecule has 7 nitrogen and oxygen atoms in total. The average molecular weight is 312 g/mol. The third-order valence-corrected chi connectivity index (χ3v) is 4.05. The number of hydrogen-bond donors (Lipinski definition) is 0. The molecule has 0 atom stereocenters. The Labute approximate surface area is 132 Å². The number of carbonyl (C=O) groups is 1. The summed E-state index contributed by atoms with van der Waals surface area (Å²) in [5, 5.41) is 8.75. The summed E-state index contributed by atoms with van der Waals surface area (Å²) in [6.07, 6.45) is 1.29. The van der Waals surface area contributed by atoms with Gasteiger partial charge in [0, 0.05) is 24.0 Å². The van der Waals surface area contributed by atoms with Gasteiger partial charge >= 0.3 is 0 Å². The molecule has 118 valence electrons. The van der Waals surface area contributed by atoms with Crippen molar-refractivity contribution in [2.24, 2.45) is 0 Å². The quantitative estimate of drug-likeness (QED) is 0.733. The van der Waals surface area contributed by atoms with Crippen LogP contribution in [0.5, 0.6) is 0 Å². The monoisotopic (exact) mass is 312 g/mol. The lowest BCUT2D eigenvalue weighted by atomic mass is 10.2. The van der Waals surface area contributed by atoms with Gasteiger partial charge in [-0.05, 0) is 12.1 Å². The van der Waals surface area contributed by atoms with Gasteiger partial charge < -0.3 is 18.6 Å². The summed E-state index contributed by atoms with van der Waals surface area (Å²) >= 11 is 0. The van der Waals surface area contributed by atoms with Gasteiger partial charge in [-0.15, -0.1) is 10.2 Å². The van der Waals surface area contributed by atoms with Crippen LogP contribution in [0, 0.1) is 0 Å². The fourth-order valence-electron chi connectivity index (χ4n) is 2.89. The molecule has 1 fully saturated rings. The van der Waals surface area contributed by atoms with Gasteiger partial charge in [0.2, 0.25) is 12.3 Å². The minimum Gasteiger partial charge on any atom is -0.422 e. The fraction of sp³-hybridized carbons (Fsp3) is 0.312. The number of fused-ring (bicyclic) bond motifs is 1. The van der Waals surface area contributed by atoms with Crippen LogP contribution in [0.25, 0.3) is 22.5 Å². The normalized spacial score (nSPS) is 15.2. The average Bonchev–Trinajstić information content (AvgIpc) is 3.24. The van der Waals surface area contributed by atoms with Crippen molar-refractivity contribution in [3.05, 3.63) is 36.7 Å². The first-order valence-electron chi connectivity index (χ1n) is 7.53. The van der Waals surface area contributed by atoms with Gasteiger partial charge in [-0.25, -0.2) is 0 Å². The number of rotatable bonds is 3. The van der Waals surface area contributed by atoms with Crippen molar-refractivity contribution in [3.8, 4) is 11.6 Å². The third-order valence-electron chi connectivity index (χ3n) is 4.05. The number of para-hydroxylation sites is 1. The number of benzene rings is 1. The molecule has 7 heteroatoms. The standard InChI is InChI=1S/C16H16N4O3/c21-15(19-5-7-22-8-6-19)10-20-13-4-2-1-3-12(13)9-14(20)16-18-17-11-23-16/h1-4,9,11H,5-8,10H2. The highest BCUT2D eigenvalue weighted by molar-refractivity contribution is 5.88. The second-order valence-corrected chi connectivity index (χ2v) is 5.41. The molecule has 0 bridgehead atoms. The number of nitrogens with zero attached hydrogens (tertiary/aromatic N) is 4. The van der Waals surface area contributed by atoms with Crippen molar-refractivity contribution in [2.45, 2.75) is 6.54 Å². The second kappa shape index (κ2) is 5.85. The van der Waals surface area contributed by atoms with E-state index in [0.717, 1.165) is 16.6 Å². The number of carbonyl (C=O) groups excluding carboxylic acids is 1. The van der Waals surface area contributed by atoms with Crippen LogP contribution in [0.2, 0.25) is 0 Å². The molecule has 0 unspecified atom stereocenters. The SMILES string of the molecule is O=C(Cn1c(-c2nnco2)cc2ccccc21)N1CCOCC1. The Morgan fingerprint density at radius 1 is 1.22 bits per heavy atom. The van der Waals surface area contributed by atoms with E-state index in [1.54, 1.807) is 0 Å². The van der Waals surface area contributed by atoms with Gasteiger partial charge in [-0.2, -0.15) is 0 Å². The second-order valence-electron chi connectivity index (χ2n) is 5.41. The maximum Gasteiger partial charge on any atom is 0.264 e. The van der Waals surface area contributed by atoms with Crippen LogP contribution in [0.1, 0.15) is 0 Å². The van der Waals surface area contributed by atoms with Crippen LogP contribution < -0.4 is 0 Å². The Morgan fingerprint density at radius 3 is 2.83 bits per heavy atom. The maximum absolute atomic E-state index is 12.6. The van der Waals surface area contributed by atoms with Gasteiger partial charge in [-0.3, -0.25) is 4.79 Å². The molecule has 3 aromatic rings. The fourth-order valence-corrected chi connectivity index (χ4v) is 2.89. The van der Waals surface area contributed by atoms with Gasteiger partial charge in [-0.1, -0.05) is 18.2 Å². The van der Waals surface area contributed by atoms with E-state index in [-0.39, 0.29) is 12.5 Å². The maximum atomic E-state index is 12.6. The predicted octanol–water partition coefficient (Wildman–Crippen LogP) is 1.55. The summed E-state index contributed by atoms with van der Waals surface area (Å²) in [5.74, 6) is 0.478. The Kier molecular flexibility index (Phi) is 3.55. The highest BCUT2D eigenvalue weighted by Crippen LogP contribution is 2.27. The first kappa shape index (κ1) is 14.0. The highest BCUT2D eigenvalue weighted by atomic mass is 16.5. The lowest BCUT2D eigenvalue weighted by Gasteiger charge is -2.27. The Balaban J connectivity index is 1.72. The summed E-state index contributed by atoms with van der Waals surface area (Å²) in [6, 6.07) is 9.88. The molecular weight excluding hydrogens is 296 g/mol. The van der Waals surface area contributed by atoms with Crippen LogP contribution in [-0.2, 0) is 16.1 Å². The van der Waals surface area contributed by atoms with Crippen LogP contribution in [-0.4, -0.2) is 51.9 Å². The molecular formula is C16H16N4O3. The Hall–Kier alpha value is -2.67. The van der Waals surface area contributed by atoms with Crippen molar-refractivity contribution < 1.29 is 13.9 Å².